The largest absolute Gasteiger partial charge is 0.317 e. The minimum atomic E-state index is -3.23. The average molecular weight is 363 g/mol. The van der Waals surface area contributed by atoms with Gasteiger partial charge in [0.1, 0.15) is 0 Å². The van der Waals surface area contributed by atoms with Gasteiger partial charge in [-0.1, -0.05) is 35.0 Å². The van der Waals surface area contributed by atoms with E-state index >= 15 is 0 Å². The minimum Gasteiger partial charge on any atom is -0.317 e. The van der Waals surface area contributed by atoms with Gasteiger partial charge in [-0.15, -0.1) is 0 Å². The first-order valence-electron chi connectivity index (χ1n) is 6.91. The molecule has 1 rings (SSSR count). The molecule has 0 amide bonds. The molecule has 0 fully saturated rings. The summed E-state index contributed by atoms with van der Waals surface area (Å²) in [5.74, 6) is 0.155. The maximum Gasteiger partial charge on any atom is 0.212 e. The van der Waals surface area contributed by atoms with Crippen molar-refractivity contribution in [1.29, 1.82) is 0 Å². The Hall–Kier alpha value is -0.430. The molecule has 4 nitrogen and oxygen atoms in total. The van der Waals surface area contributed by atoms with E-state index in [-0.39, 0.29) is 11.8 Å². The van der Waals surface area contributed by atoms with Crippen LogP contribution in [-0.4, -0.2) is 27.3 Å². The summed E-state index contributed by atoms with van der Waals surface area (Å²) < 4.78 is 27.6. The monoisotopic (exact) mass is 362 g/mol. The van der Waals surface area contributed by atoms with Crippen molar-refractivity contribution in [2.75, 3.05) is 18.8 Å². The second kappa shape index (κ2) is 8.77. The van der Waals surface area contributed by atoms with Gasteiger partial charge in [0.15, 0.2) is 0 Å². The summed E-state index contributed by atoms with van der Waals surface area (Å²) >= 11 is 3.39. The van der Waals surface area contributed by atoms with Gasteiger partial charge in [0.05, 0.1) is 5.75 Å². The van der Waals surface area contributed by atoms with Crippen LogP contribution in [-0.2, 0) is 10.0 Å². The van der Waals surface area contributed by atoms with Crippen LogP contribution in [0.1, 0.15) is 38.3 Å². The molecule has 0 aliphatic heterocycles. The average Bonchev–Trinajstić information content (AvgIpc) is 2.38. The number of benzene rings is 1. The highest BCUT2D eigenvalue weighted by atomic mass is 79.9. The van der Waals surface area contributed by atoms with Crippen LogP contribution in [0, 0.1) is 0 Å². The summed E-state index contributed by atoms with van der Waals surface area (Å²) in [7, 11) is -3.23. The van der Waals surface area contributed by atoms with Gasteiger partial charge in [-0.25, -0.2) is 13.1 Å². The van der Waals surface area contributed by atoms with Gasteiger partial charge in [0.25, 0.3) is 0 Å². The Bertz CT molecular complexity index is 506. The Labute approximate surface area is 130 Å². The fourth-order valence-electron chi connectivity index (χ4n) is 1.86. The normalized spacial score (nSPS) is 13.3. The third kappa shape index (κ3) is 6.83. The number of halogens is 1. The molecule has 114 valence electrons. The molecule has 0 spiro atoms. The molecule has 0 saturated carbocycles. The Balaban J connectivity index is 2.45. The first-order chi connectivity index (χ1) is 9.44. The zero-order valence-electron chi connectivity index (χ0n) is 12.0. The van der Waals surface area contributed by atoms with Crippen LogP contribution >= 0.6 is 15.9 Å². The molecule has 1 unspecified atom stereocenters. The smallest absolute Gasteiger partial charge is 0.212 e. The van der Waals surface area contributed by atoms with E-state index < -0.39 is 10.0 Å². The SMILES string of the molecule is CCCNCCCS(=O)(=O)NC(C)c1cccc(Br)c1. The summed E-state index contributed by atoms with van der Waals surface area (Å²) in [5, 5.41) is 3.20. The van der Waals surface area contributed by atoms with Crippen LogP contribution < -0.4 is 10.0 Å². The first-order valence-corrected chi connectivity index (χ1v) is 9.35. The lowest BCUT2D eigenvalue weighted by molar-refractivity contribution is 0.561. The second-order valence-corrected chi connectivity index (χ2v) is 7.61. The van der Waals surface area contributed by atoms with Crippen molar-refractivity contribution >= 4 is 26.0 Å². The van der Waals surface area contributed by atoms with Crippen LogP contribution in [0.3, 0.4) is 0 Å². The second-order valence-electron chi connectivity index (χ2n) is 4.82. The number of hydrogen-bond acceptors (Lipinski definition) is 3. The Morgan fingerprint density at radius 3 is 2.70 bits per heavy atom. The van der Waals surface area contributed by atoms with Gasteiger partial charge in [0.2, 0.25) is 10.0 Å². The molecule has 0 aliphatic carbocycles. The van der Waals surface area contributed by atoms with Gasteiger partial charge in [-0.3, -0.25) is 0 Å². The standard InChI is InChI=1S/C14H23BrN2O2S/c1-3-8-16-9-5-10-20(18,19)17-12(2)13-6-4-7-14(15)11-13/h4,6-7,11-12,16-17H,3,5,8-10H2,1-2H3. The van der Waals surface area contributed by atoms with Crippen molar-refractivity contribution in [3.8, 4) is 0 Å². The number of hydrogen-bond donors (Lipinski definition) is 2. The van der Waals surface area contributed by atoms with Crippen molar-refractivity contribution in [1.82, 2.24) is 10.0 Å². The highest BCUT2D eigenvalue weighted by Gasteiger charge is 2.15. The van der Waals surface area contributed by atoms with E-state index in [0.717, 1.165) is 29.5 Å². The molecule has 1 aromatic carbocycles. The summed E-state index contributed by atoms with van der Waals surface area (Å²) in [6.07, 6.45) is 1.69. The van der Waals surface area contributed by atoms with Gasteiger partial charge < -0.3 is 5.32 Å². The first kappa shape index (κ1) is 17.6. The van der Waals surface area contributed by atoms with E-state index in [1.807, 2.05) is 31.2 Å². The van der Waals surface area contributed by atoms with Crippen molar-refractivity contribution in [3.05, 3.63) is 34.3 Å². The van der Waals surface area contributed by atoms with E-state index in [9.17, 15) is 8.42 Å². The molecule has 0 heterocycles. The summed E-state index contributed by atoms with van der Waals surface area (Å²) in [4.78, 5) is 0. The Kier molecular flexibility index (Phi) is 7.72. The lowest BCUT2D eigenvalue weighted by atomic mass is 10.1. The summed E-state index contributed by atoms with van der Waals surface area (Å²) in [6.45, 7) is 5.61. The third-order valence-corrected chi connectivity index (χ3v) is 4.93. The van der Waals surface area contributed by atoms with Crippen LogP contribution in [0.15, 0.2) is 28.7 Å². The van der Waals surface area contributed by atoms with Crippen molar-refractivity contribution in [3.63, 3.8) is 0 Å². The van der Waals surface area contributed by atoms with Crippen molar-refractivity contribution < 1.29 is 8.42 Å². The zero-order valence-corrected chi connectivity index (χ0v) is 14.4. The van der Waals surface area contributed by atoms with Crippen LogP contribution in [0.25, 0.3) is 0 Å². The van der Waals surface area contributed by atoms with Crippen LogP contribution in [0.4, 0.5) is 0 Å². The molecular formula is C14H23BrN2O2S. The molecule has 1 atom stereocenters. The molecule has 0 aliphatic rings. The summed E-state index contributed by atoms with van der Waals surface area (Å²) in [6, 6.07) is 7.45. The molecule has 0 radical (unpaired) electrons. The predicted molar refractivity (Wildman–Crippen MR) is 87.3 cm³/mol. The molecule has 0 bridgehead atoms. The fourth-order valence-corrected chi connectivity index (χ4v) is 3.60. The Morgan fingerprint density at radius 2 is 2.05 bits per heavy atom. The lowest BCUT2D eigenvalue weighted by Crippen LogP contribution is -2.30. The van der Waals surface area contributed by atoms with Gasteiger partial charge in [0, 0.05) is 10.5 Å². The number of nitrogens with one attached hydrogen (secondary N) is 2. The molecule has 0 saturated heterocycles. The molecule has 2 N–H and O–H groups in total. The zero-order chi connectivity index (χ0) is 15.0. The number of sulfonamides is 1. The van der Waals surface area contributed by atoms with Crippen molar-refractivity contribution in [2.24, 2.45) is 0 Å². The highest BCUT2D eigenvalue weighted by Crippen LogP contribution is 2.18. The molecule has 1 aromatic rings. The van der Waals surface area contributed by atoms with Gasteiger partial charge in [-0.2, -0.15) is 0 Å². The van der Waals surface area contributed by atoms with E-state index in [0.29, 0.717) is 6.42 Å². The predicted octanol–water partition coefficient (Wildman–Crippen LogP) is 2.82. The Morgan fingerprint density at radius 1 is 1.30 bits per heavy atom. The quantitative estimate of drug-likeness (QED) is 0.664. The maximum atomic E-state index is 12.0. The molecular weight excluding hydrogens is 340 g/mol. The highest BCUT2D eigenvalue weighted by molar-refractivity contribution is 9.10. The maximum absolute atomic E-state index is 12.0. The van der Waals surface area contributed by atoms with Crippen molar-refractivity contribution in [2.45, 2.75) is 32.7 Å². The van der Waals surface area contributed by atoms with E-state index in [1.54, 1.807) is 0 Å². The third-order valence-electron chi connectivity index (χ3n) is 2.90. The van der Waals surface area contributed by atoms with Gasteiger partial charge in [-0.05, 0) is 50.6 Å². The fraction of sp³-hybridized carbons (Fsp3) is 0.571. The van der Waals surface area contributed by atoms with Crippen LogP contribution in [0.5, 0.6) is 0 Å². The molecule has 20 heavy (non-hydrogen) atoms. The summed E-state index contributed by atoms with van der Waals surface area (Å²) in [5.41, 5.74) is 0.951. The lowest BCUT2D eigenvalue weighted by Gasteiger charge is -2.15. The van der Waals surface area contributed by atoms with Gasteiger partial charge >= 0.3 is 0 Å². The van der Waals surface area contributed by atoms with Crippen LogP contribution in [0.2, 0.25) is 0 Å². The van der Waals surface area contributed by atoms with E-state index in [1.165, 1.54) is 0 Å². The molecule has 6 heteroatoms. The minimum absolute atomic E-state index is 0.155. The van der Waals surface area contributed by atoms with E-state index in [2.05, 4.69) is 32.9 Å². The topological polar surface area (TPSA) is 58.2 Å². The van der Waals surface area contributed by atoms with E-state index in [4.69, 9.17) is 0 Å². The molecule has 0 aromatic heterocycles. The number of rotatable bonds is 9.